The average Bonchev–Trinajstić information content (AvgIpc) is 3.39. The van der Waals surface area contributed by atoms with Crippen LogP contribution in [0.25, 0.3) is 33.3 Å². The molecule has 2 N–H and O–H groups in total. The van der Waals surface area contributed by atoms with Crippen molar-refractivity contribution < 1.29 is 4.74 Å². The third-order valence-corrected chi connectivity index (χ3v) is 5.73. The van der Waals surface area contributed by atoms with E-state index >= 15 is 0 Å². The van der Waals surface area contributed by atoms with Crippen molar-refractivity contribution in [3.63, 3.8) is 0 Å². The number of nitrogens with one attached hydrogen (secondary N) is 2. The van der Waals surface area contributed by atoms with E-state index in [1.165, 1.54) is 23.8 Å². The van der Waals surface area contributed by atoms with Gasteiger partial charge in [0.25, 0.3) is 0 Å². The summed E-state index contributed by atoms with van der Waals surface area (Å²) in [7, 11) is 1.79. The lowest BCUT2D eigenvalue weighted by Crippen LogP contribution is -2.32. The molecule has 0 unspecified atom stereocenters. The number of aryl methyl sites for hydroxylation is 1. The Labute approximate surface area is 177 Å². The molecule has 1 saturated heterocycles. The second-order valence-electron chi connectivity index (χ2n) is 7.71. The van der Waals surface area contributed by atoms with Gasteiger partial charge < -0.3 is 14.7 Å². The molecule has 7 heteroatoms. The van der Waals surface area contributed by atoms with Gasteiger partial charge in [-0.1, -0.05) is 6.07 Å². The number of likely N-dealkylation sites (tertiary alicyclic amines) is 1. The van der Waals surface area contributed by atoms with Crippen molar-refractivity contribution in [2.75, 3.05) is 20.3 Å². The third kappa shape index (κ3) is 3.77. The number of hydrogen-bond acceptors (Lipinski definition) is 4. The van der Waals surface area contributed by atoms with Crippen LogP contribution in [0.15, 0.2) is 36.5 Å². The molecular formula is C22H27N5OS. The molecule has 6 nitrogen and oxygen atoms in total. The van der Waals surface area contributed by atoms with Gasteiger partial charge in [-0.2, -0.15) is 13.5 Å². The molecule has 1 aliphatic rings. The quantitative estimate of drug-likeness (QED) is 0.520. The summed E-state index contributed by atoms with van der Waals surface area (Å²) in [4.78, 5) is 18.2. The van der Waals surface area contributed by atoms with Crippen LogP contribution < -0.4 is 0 Å². The van der Waals surface area contributed by atoms with Crippen molar-refractivity contribution in [3.8, 4) is 11.3 Å². The predicted octanol–water partition coefficient (Wildman–Crippen LogP) is 4.14. The number of pyridine rings is 1. The van der Waals surface area contributed by atoms with E-state index in [0.29, 0.717) is 6.04 Å². The number of ether oxygens (including phenoxy) is 1. The van der Waals surface area contributed by atoms with Crippen LogP contribution in [0.2, 0.25) is 0 Å². The van der Waals surface area contributed by atoms with E-state index in [9.17, 15) is 0 Å². The van der Waals surface area contributed by atoms with Crippen molar-refractivity contribution in [1.82, 2.24) is 24.8 Å². The fraction of sp³-hybridized carbons (Fsp3) is 0.364. The highest BCUT2D eigenvalue weighted by Crippen LogP contribution is 2.29. The normalized spacial score (nSPS) is 17.2. The van der Waals surface area contributed by atoms with E-state index in [0.717, 1.165) is 53.5 Å². The average molecular weight is 410 g/mol. The van der Waals surface area contributed by atoms with E-state index in [1.807, 2.05) is 19.2 Å². The first-order chi connectivity index (χ1) is 13.7. The van der Waals surface area contributed by atoms with E-state index in [-0.39, 0.29) is 13.5 Å². The number of nitrogens with zero attached hydrogens (tertiary/aromatic N) is 3. The fourth-order valence-corrected chi connectivity index (χ4v) is 4.40. The summed E-state index contributed by atoms with van der Waals surface area (Å²) in [6.45, 7) is 4.90. The van der Waals surface area contributed by atoms with Gasteiger partial charge in [0.05, 0.1) is 12.1 Å². The lowest BCUT2D eigenvalue weighted by atomic mass is 10.1. The van der Waals surface area contributed by atoms with Crippen LogP contribution in [0.1, 0.15) is 24.2 Å². The zero-order valence-electron chi connectivity index (χ0n) is 16.8. The number of rotatable bonds is 5. The molecule has 0 saturated carbocycles. The minimum atomic E-state index is 0. The van der Waals surface area contributed by atoms with Crippen molar-refractivity contribution in [2.24, 2.45) is 0 Å². The van der Waals surface area contributed by atoms with Gasteiger partial charge in [0.15, 0.2) is 5.65 Å². The molecule has 1 fully saturated rings. The molecule has 1 aliphatic heterocycles. The molecule has 3 aromatic heterocycles. The Morgan fingerprint density at radius 2 is 2.10 bits per heavy atom. The van der Waals surface area contributed by atoms with Crippen LogP contribution in [-0.2, 0) is 11.3 Å². The number of methoxy groups -OCH3 is 1. The summed E-state index contributed by atoms with van der Waals surface area (Å²) in [5, 5.41) is 1.23. The monoisotopic (exact) mass is 409 g/mol. The summed E-state index contributed by atoms with van der Waals surface area (Å²) in [6, 6.07) is 11.5. The molecular weight excluding hydrogens is 382 g/mol. The Balaban J connectivity index is 0.00000205. The van der Waals surface area contributed by atoms with Gasteiger partial charge in [-0.3, -0.25) is 4.90 Å². The summed E-state index contributed by atoms with van der Waals surface area (Å²) < 4.78 is 5.39. The highest BCUT2D eigenvalue weighted by Gasteiger charge is 2.24. The van der Waals surface area contributed by atoms with Gasteiger partial charge in [-0.25, -0.2) is 9.97 Å². The third-order valence-electron chi connectivity index (χ3n) is 5.73. The number of hydrogen-bond donors (Lipinski definition) is 2. The number of aromatic amines is 2. The molecule has 0 spiro atoms. The Morgan fingerprint density at radius 1 is 1.21 bits per heavy atom. The van der Waals surface area contributed by atoms with E-state index < -0.39 is 0 Å². The van der Waals surface area contributed by atoms with Gasteiger partial charge in [0.1, 0.15) is 5.82 Å². The molecule has 1 atom stereocenters. The molecule has 4 aromatic rings. The molecule has 0 aliphatic carbocycles. The maximum absolute atomic E-state index is 5.39. The van der Waals surface area contributed by atoms with Crippen molar-refractivity contribution in [3.05, 3.63) is 47.9 Å². The predicted molar refractivity (Wildman–Crippen MR) is 122 cm³/mol. The van der Waals surface area contributed by atoms with Crippen LogP contribution in [0.5, 0.6) is 0 Å². The first-order valence-electron chi connectivity index (χ1n) is 9.87. The maximum atomic E-state index is 5.39. The first kappa shape index (κ1) is 19.9. The van der Waals surface area contributed by atoms with Crippen LogP contribution in [0, 0.1) is 6.92 Å². The van der Waals surface area contributed by atoms with E-state index in [4.69, 9.17) is 4.74 Å². The second kappa shape index (κ2) is 8.18. The zero-order chi connectivity index (χ0) is 19.1. The van der Waals surface area contributed by atoms with Crippen molar-refractivity contribution in [1.29, 1.82) is 0 Å². The Morgan fingerprint density at radius 3 is 2.97 bits per heavy atom. The molecule has 1 aromatic carbocycles. The lowest BCUT2D eigenvalue weighted by molar-refractivity contribution is 0.112. The zero-order valence-corrected chi connectivity index (χ0v) is 17.8. The largest absolute Gasteiger partial charge is 0.383 e. The highest BCUT2D eigenvalue weighted by molar-refractivity contribution is 7.59. The number of benzene rings is 1. The van der Waals surface area contributed by atoms with Gasteiger partial charge in [0, 0.05) is 48.1 Å². The molecule has 0 amide bonds. The summed E-state index contributed by atoms with van der Waals surface area (Å²) >= 11 is 0. The maximum Gasteiger partial charge on any atom is 0.178 e. The number of aromatic nitrogens is 4. The summed E-state index contributed by atoms with van der Waals surface area (Å²) in [5.41, 5.74) is 6.41. The smallest absolute Gasteiger partial charge is 0.178 e. The molecule has 0 bridgehead atoms. The van der Waals surface area contributed by atoms with Gasteiger partial charge >= 0.3 is 0 Å². The summed E-state index contributed by atoms with van der Waals surface area (Å²) in [6.07, 6.45) is 4.30. The Bertz CT molecular complexity index is 1130. The number of fused-ring (bicyclic) bond motifs is 2. The minimum absolute atomic E-state index is 0. The van der Waals surface area contributed by atoms with E-state index in [2.05, 4.69) is 49.1 Å². The van der Waals surface area contributed by atoms with Crippen LogP contribution in [0.4, 0.5) is 0 Å². The fourth-order valence-electron chi connectivity index (χ4n) is 4.40. The molecule has 5 rings (SSSR count). The Hall–Kier alpha value is -2.35. The van der Waals surface area contributed by atoms with Crippen molar-refractivity contribution >= 4 is 35.6 Å². The van der Waals surface area contributed by atoms with Crippen LogP contribution >= 0.6 is 13.5 Å². The molecule has 29 heavy (non-hydrogen) atoms. The first-order valence-corrected chi connectivity index (χ1v) is 9.87. The lowest BCUT2D eigenvalue weighted by Gasteiger charge is -2.23. The molecule has 4 heterocycles. The second-order valence-corrected chi connectivity index (χ2v) is 7.71. The van der Waals surface area contributed by atoms with Gasteiger partial charge in [-0.05, 0) is 56.1 Å². The highest BCUT2D eigenvalue weighted by atomic mass is 32.1. The molecule has 152 valence electrons. The molecule has 0 radical (unpaired) electrons. The number of H-pyrrole nitrogens is 2. The summed E-state index contributed by atoms with van der Waals surface area (Å²) in [5.74, 6) is 0.879. The van der Waals surface area contributed by atoms with Gasteiger partial charge in [-0.15, -0.1) is 0 Å². The standard InChI is InChI=1S/C22H25N5O.H2S/c1-14-24-21-18(7-8-23-22(21)25-14)20-11-16-10-15(5-6-19(16)26-20)12-27-9-3-4-17(27)13-28-2;/h5-8,10-11,17,26H,3-4,9,12-13H2,1-2H3,(H,23,24,25);1H2/t17-;/m0./s1. The van der Waals surface area contributed by atoms with E-state index in [1.54, 1.807) is 7.11 Å². The Kier molecular flexibility index (Phi) is 5.63. The van der Waals surface area contributed by atoms with Crippen LogP contribution in [-0.4, -0.2) is 51.1 Å². The van der Waals surface area contributed by atoms with Crippen LogP contribution in [0.3, 0.4) is 0 Å². The van der Waals surface area contributed by atoms with Gasteiger partial charge in [0.2, 0.25) is 0 Å². The SMILES string of the molecule is COC[C@@H]1CCCN1Cc1ccc2[nH]c(-c3ccnc4nc(C)[nH]c34)cc2c1.S. The minimum Gasteiger partial charge on any atom is -0.383 e. The number of imidazole rings is 1. The van der Waals surface area contributed by atoms with Crippen molar-refractivity contribution in [2.45, 2.75) is 32.4 Å². The topological polar surface area (TPSA) is 69.8 Å².